The van der Waals surface area contributed by atoms with Gasteiger partial charge < -0.3 is 10.1 Å². The van der Waals surface area contributed by atoms with E-state index in [1.165, 1.54) is 0 Å². The highest BCUT2D eigenvalue weighted by Crippen LogP contribution is 2.16. The van der Waals surface area contributed by atoms with Crippen LogP contribution in [0.3, 0.4) is 0 Å². The Bertz CT molecular complexity index is 415. The predicted molar refractivity (Wildman–Crippen MR) is 59.3 cm³/mol. The largest absolute Gasteiger partial charge is 0.442 e. The molecule has 86 valence electrons. The average molecular weight is 242 g/mol. The number of nitrogens with one attached hydrogen (secondary N) is 1. The second-order valence-corrected chi connectivity index (χ2v) is 3.80. The van der Waals surface area contributed by atoms with Crippen LogP contribution in [0.5, 0.6) is 6.01 Å². The van der Waals surface area contributed by atoms with Crippen molar-refractivity contribution in [2.24, 2.45) is 0 Å². The van der Waals surface area contributed by atoms with E-state index in [0.717, 1.165) is 0 Å². The zero-order valence-electron chi connectivity index (χ0n) is 9.28. The molecule has 0 aliphatic rings. The number of anilines is 1. The molecule has 1 rings (SSSR count). The van der Waals surface area contributed by atoms with Gasteiger partial charge in [-0.05, 0) is 32.4 Å². The molecule has 1 aromatic heterocycles. The van der Waals surface area contributed by atoms with E-state index in [1.54, 1.807) is 13.8 Å². The first-order chi connectivity index (χ1) is 7.46. The highest BCUT2D eigenvalue weighted by atomic mass is 35.5. The van der Waals surface area contributed by atoms with Gasteiger partial charge in [0.2, 0.25) is 11.2 Å². The molecule has 0 saturated heterocycles. The Hall–Kier alpha value is -1.61. The normalized spacial score (nSPS) is 10.7. The Balaban J connectivity index is 2.93. The Morgan fingerprint density at radius 3 is 2.69 bits per heavy atom. The average Bonchev–Trinajstić information content (AvgIpc) is 2.16. The van der Waals surface area contributed by atoms with Crippen LogP contribution >= 0.6 is 11.6 Å². The molecule has 1 heterocycles. The standard InChI is InChI=1S/C9H12ClN5O/c1-4-12-7-13-6(10)14-8(15-7)16-9(2,3)5-11/h4H2,1-3H3,(H,12,13,14,15). The molecule has 7 heteroatoms. The highest BCUT2D eigenvalue weighted by molar-refractivity contribution is 6.28. The quantitative estimate of drug-likeness (QED) is 0.863. The Kier molecular flexibility index (Phi) is 3.85. The summed E-state index contributed by atoms with van der Waals surface area (Å²) in [5.41, 5.74) is -1.01. The van der Waals surface area contributed by atoms with Crippen molar-refractivity contribution < 1.29 is 4.74 Å². The third-order valence-corrected chi connectivity index (χ3v) is 1.71. The summed E-state index contributed by atoms with van der Waals surface area (Å²) in [6.07, 6.45) is 0. The monoisotopic (exact) mass is 241 g/mol. The van der Waals surface area contributed by atoms with E-state index in [-0.39, 0.29) is 11.3 Å². The lowest BCUT2D eigenvalue weighted by atomic mass is 10.2. The molecule has 1 N–H and O–H groups in total. The Morgan fingerprint density at radius 1 is 1.44 bits per heavy atom. The molecule has 1 aromatic rings. The lowest BCUT2D eigenvalue weighted by Crippen LogP contribution is -2.26. The molecule has 0 amide bonds. The van der Waals surface area contributed by atoms with Crippen LogP contribution in [0.15, 0.2) is 0 Å². The fourth-order valence-corrected chi connectivity index (χ4v) is 1.02. The molecule has 0 spiro atoms. The maximum Gasteiger partial charge on any atom is 0.324 e. The van der Waals surface area contributed by atoms with Gasteiger partial charge in [0.15, 0.2) is 5.60 Å². The van der Waals surface area contributed by atoms with Gasteiger partial charge in [-0.1, -0.05) is 0 Å². The lowest BCUT2D eigenvalue weighted by Gasteiger charge is -2.16. The minimum absolute atomic E-state index is 0.0229. The number of nitrogens with zero attached hydrogens (tertiary/aromatic N) is 4. The molecule has 0 radical (unpaired) electrons. The molecule has 0 saturated carbocycles. The van der Waals surface area contributed by atoms with Crippen molar-refractivity contribution in [3.05, 3.63) is 5.28 Å². The van der Waals surface area contributed by atoms with E-state index >= 15 is 0 Å². The fraction of sp³-hybridized carbons (Fsp3) is 0.556. The van der Waals surface area contributed by atoms with Gasteiger partial charge in [0.1, 0.15) is 6.07 Å². The summed E-state index contributed by atoms with van der Waals surface area (Å²) in [6, 6.07) is 2.00. The van der Waals surface area contributed by atoms with Crippen molar-refractivity contribution in [2.75, 3.05) is 11.9 Å². The first-order valence-corrected chi connectivity index (χ1v) is 5.10. The number of rotatable bonds is 4. The number of hydrogen-bond acceptors (Lipinski definition) is 6. The first kappa shape index (κ1) is 12.5. The van der Waals surface area contributed by atoms with Crippen molar-refractivity contribution in [3.63, 3.8) is 0 Å². The molecule has 0 aromatic carbocycles. The van der Waals surface area contributed by atoms with Crippen LogP contribution in [0.25, 0.3) is 0 Å². The topological polar surface area (TPSA) is 83.7 Å². The van der Waals surface area contributed by atoms with E-state index in [4.69, 9.17) is 21.6 Å². The van der Waals surface area contributed by atoms with Crippen LogP contribution in [-0.4, -0.2) is 27.1 Å². The zero-order valence-corrected chi connectivity index (χ0v) is 10.0. The van der Waals surface area contributed by atoms with Crippen molar-refractivity contribution in [1.29, 1.82) is 5.26 Å². The van der Waals surface area contributed by atoms with E-state index in [9.17, 15) is 0 Å². The summed E-state index contributed by atoms with van der Waals surface area (Å²) in [5.74, 6) is 0.325. The van der Waals surface area contributed by atoms with Crippen LogP contribution in [0.1, 0.15) is 20.8 Å². The Morgan fingerprint density at radius 2 is 2.12 bits per heavy atom. The second-order valence-electron chi connectivity index (χ2n) is 3.47. The van der Waals surface area contributed by atoms with Crippen LogP contribution in [-0.2, 0) is 0 Å². The molecule has 0 aliphatic heterocycles. The van der Waals surface area contributed by atoms with E-state index in [0.29, 0.717) is 12.5 Å². The molecule has 0 fully saturated rings. The number of nitriles is 1. The summed E-state index contributed by atoms with van der Waals surface area (Å²) in [4.78, 5) is 11.6. The number of aromatic nitrogens is 3. The van der Waals surface area contributed by atoms with E-state index < -0.39 is 5.60 Å². The van der Waals surface area contributed by atoms with Crippen molar-refractivity contribution in [1.82, 2.24) is 15.0 Å². The van der Waals surface area contributed by atoms with E-state index in [1.807, 2.05) is 13.0 Å². The lowest BCUT2D eigenvalue weighted by molar-refractivity contribution is 0.153. The molecule has 0 bridgehead atoms. The first-order valence-electron chi connectivity index (χ1n) is 4.72. The molecule has 6 nitrogen and oxygen atoms in total. The minimum atomic E-state index is -1.01. The van der Waals surface area contributed by atoms with Gasteiger partial charge >= 0.3 is 6.01 Å². The molecule has 0 unspecified atom stereocenters. The number of ether oxygens (including phenoxy) is 1. The molecule has 16 heavy (non-hydrogen) atoms. The maximum absolute atomic E-state index is 8.80. The van der Waals surface area contributed by atoms with Gasteiger partial charge in [0, 0.05) is 6.54 Å². The van der Waals surface area contributed by atoms with Gasteiger partial charge in [0.05, 0.1) is 0 Å². The van der Waals surface area contributed by atoms with Crippen molar-refractivity contribution in [2.45, 2.75) is 26.4 Å². The SMILES string of the molecule is CCNc1nc(Cl)nc(OC(C)(C)C#N)n1. The van der Waals surface area contributed by atoms with Gasteiger partial charge in [-0.15, -0.1) is 0 Å². The second kappa shape index (κ2) is 4.94. The van der Waals surface area contributed by atoms with Gasteiger partial charge in [0.25, 0.3) is 0 Å². The summed E-state index contributed by atoms with van der Waals surface area (Å²) in [7, 11) is 0. The van der Waals surface area contributed by atoms with Crippen LogP contribution in [0, 0.1) is 11.3 Å². The third-order valence-electron chi connectivity index (χ3n) is 1.54. The number of halogens is 1. The summed E-state index contributed by atoms with van der Waals surface area (Å²) in [6.45, 7) is 5.77. The van der Waals surface area contributed by atoms with Gasteiger partial charge in [-0.3, -0.25) is 0 Å². The van der Waals surface area contributed by atoms with Crippen LogP contribution in [0.4, 0.5) is 5.95 Å². The Labute approximate surface area is 98.6 Å². The van der Waals surface area contributed by atoms with Crippen molar-refractivity contribution in [3.8, 4) is 12.1 Å². The van der Waals surface area contributed by atoms with E-state index in [2.05, 4.69) is 20.3 Å². The molecule has 0 atom stereocenters. The van der Waals surface area contributed by atoms with Crippen LogP contribution < -0.4 is 10.1 Å². The molecular weight excluding hydrogens is 230 g/mol. The predicted octanol–water partition coefficient (Wildman–Crippen LogP) is 1.64. The molecule has 0 aliphatic carbocycles. The minimum Gasteiger partial charge on any atom is -0.442 e. The maximum atomic E-state index is 8.80. The van der Waals surface area contributed by atoms with Gasteiger partial charge in [-0.2, -0.15) is 20.2 Å². The molecular formula is C9H12ClN5O. The fourth-order valence-electron chi connectivity index (χ4n) is 0.866. The summed E-state index contributed by atoms with van der Waals surface area (Å²) >= 11 is 5.69. The zero-order chi connectivity index (χ0) is 12.2. The van der Waals surface area contributed by atoms with Crippen molar-refractivity contribution >= 4 is 17.5 Å². The summed E-state index contributed by atoms with van der Waals surface area (Å²) < 4.78 is 5.27. The summed E-state index contributed by atoms with van der Waals surface area (Å²) in [5, 5.41) is 11.7. The van der Waals surface area contributed by atoms with Crippen LogP contribution in [0.2, 0.25) is 5.28 Å². The third kappa shape index (κ3) is 3.51. The van der Waals surface area contributed by atoms with Gasteiger partial charge in [-0.25, -0.2) is 0 Å². The smallest absolute Gasteiger partial charge is 0.324 e. The number of hydrogen-bond donors (Lipinski definition) is 1. The highest BCUT2D eigenvalue weighted by Gasteiger charge is 2.21.